The summed E-state index contributed by atoms with van der Waals surface area (Å²) in [7, 11) is 0. The van der Waals surface area contributed by atoms with Gasteiger partial charge in [0.25, 0.3) is 0 Å². The monoisotopic (exact) mass is 303 g/mol. The van der Waals surface area contributed by atoms with Crippen LogP contribution in [0.25, 0.3) is 11.0 Å². The van der Waals surface area contributed by atoms with Gasteiger partial charge in [0.1, 0.15) is 6.07 Å². The molecule has 1 aliphatic heterocycles. The van der Waals surface area contributed by atoms with E-state index in [4.69, 9.17) is 0 Å². The standard InChI is InChI=1S/C18H17N5/c19-13-14-5-1-4-8-17(14)22-9-11-23(12-10-22)18-20-15-6-2-3-7-16(15)21-18/h1-8H,9-12H2,(H,20,21). The molecule has 0 aliphatic carbocycles. The molecule has 3 aromatic rings. The number of nitriles is 1. The van der Waals surface area contributed by atoms with Gasteiger partial charge in [-0.05, 0) is 24.3 Å². The second-order valence-corrected chi connectivity index (χ2v) is 5.68. The number of H-pyrrole nitrogens is 1. The molecule has 4 rings (SSSR count). The predicted molar refractivity (Wildman–Crippen MR) is 91.7 cm³/mol. The first kappa shape index (κ1) is 13.6. The number of hydrogen-bond acceptors (Lipinski definition) is 4. The van der Waals surface area contributed by atoms with E-state index in [-0.39, 0.29) is 0 Å². The fourth-order valence-corrected chi connectivity index (χ4v) is 3.09. The highest BCUT2D eigenvalue weighted by molar-refractivity contribution is 5.77. The Kier molecular flexibility index (Phi) is 3.35. The van der Waals surface area contributed by atoms with Crippen LogP contribution in [-0.4, -0.2) is 36.1 Å². The van der Waals surface area contributed by atoms with E-state index < -0.39 is 0 Å². The van der Waals surface area contributed by atoms with Gasteiger partial charge in [0.05, 0.1) is 22.3 Å². The highest BCUT2D eigenvalue weighted by Crippen LogP contribution is 2.23. The van der Waals surface area contributed by atoms with Crippen molar-refractivity contribution in [1.29, 1.82) is 5.26 Å². The van der Waals surface area contributed by atoms with E-state index in [1.807, 2.05) is 48.5 Å². The van der Waals surface area contributed by atoms with Gasteiger partial charge in [-0.2, -0.15) is 5.26 Å². The van der Waals surface area contributed by atoms with Crippen molar-refractivity contribution in [2.24, 2.45) is 0 Å². The number of rotatable bonds is 2. The molecular weight excluding hydrogens is 286 g/mol. The van der Waals surface area contributed by atoms with Gasteiger partial charge in [0.15, 0.2) is 0 Å². The number of piperazine rings is 1. The molecule has 1 N–H and O–H groups in total. The van der Waals surface area contributed by atoms with Gasteiger partial charge in [-0.15, -0.1) is 0 Å². The maximum atomic E-state index is 9.26. The Bertz CT molecular complexity index is 835. The molecule has 1 fully saturated rings. The van der Waals surface area contributed by atoms with E-state index in [0.29, 0.717) is 0 Å². The fourth-order valence-electron chi connectivity index (χ4n) is 3.09. The summed E-state index contributed by atoms with van der Waals surface area (Å²) in [5.41, 5.74) is 3.84. The Morgan fingerprint density at radius 3 is 2.39 bits per heavy atom. The first-order valence-corrected chi connectivity index (χ1v) is 7.79. The van der Waals surface area contributed by atoms with Crippen LogP contribution in [0.5, 0.6) is 0 Å². The second kappa shape index (κ2) is 5.65. The highest BCUT2D eigenvalue weighted by atomic mass is 15.3. The molecule has 23 heavy (non-hydrogen) atoms. The van der Waals surface area contributed by atoms with Crippen LogP contribution in [0.15, 0.2) is 48.5 Å². The van der Waals surface area contributed by atoms with Gasteiger partial charge in [-0.25, -0.2) is 4.98 Å². The minimum absolute atomic E-state index is 0.740. The Morgan fingerprint density at radius 2 is 1.61 bits per heavy atom. The number of anilines is 2. The molecule has 114 valence electrons. The number of hydrogen-bond donors (Lipinski definition) is 1. The number of fused-ring (bicyclic) bond motifs is 1. The third-order valence-electron chi connectivity index (χ3n) is 4.32. The zero-order valence-electron chi connectivity index (χ0n) is 12.7. The molecule has 0 unspecified atom stereocenters. The molecule has 0 atom stereocenters. The highest BCUT2D eigenvalue weighted by Gasteiger charge is 2.21. The lowest BCUT2D eigenvalue weighted by atomic mass is 10.1. The summed E-state index contributed by atoms with van der Waals surface area (Å²) in [5.74, 6) is 0.930. The number of aromatic amines is 1. The molecular formula is C18H17N5. The van der Waals surface area contributed by atoms with Crippen molar-refractivity contribution in [3.05, 3.63) is 54.1 Å². The second-order valence-electron chi connectivity index (χ2n) is 5.68. The number of para-hydroxylation sites is 3. The van der Waals surface area contributed by atoms with E-state index in [1.165, 1.54) is 0 Å². The SMILES string of the molecule is N#Cc1ccccc1N1CCN(c2nc3ccccc3[nH]2)CC1. The molecule has 0 amide bonds. The number of benzene rings is 2. The summed E-state index contributed by atoms with van der Waals surface area (Å²) >= 11 is 0. The zero-order chi connectivity index (χ0) is 15.6. The normalized spacial score (nSPS) is 14.9. The fraction of sp³-hybridized carbons (Fsp3) is 0.222. The van der Waals surface area contributed by atoms with Gasteiger partial charge >= 0.3 is 0 Å². The molecule has 0 bridgehead atoms. The smallest absolute Gasteiger partial charge is 0.203 e. The van der Waals surface area contributed by atoms with Crippen molar-refractivity contribution >= 4 is 22.7 Å². The summed E-state index contributed by atoms with van der Waals surface area (Å²) in [6, 6.07) is 18.2. The molecule has 5 heteroatoms. The largest absolute Gasteiger partial charge is 0.367 e. The van der Waals surface area contributed by atoms with Gasteiger partial charge in [0, 0.05) is 26.2 Å². The van der Waals surface area contributed by atoms with Crippen LogP contribution in [0.1, 0.15) is 5.56 Å². The van der Waals surface area contributed by atoms with Crippen LogP contribution in [-0.2, 0) is 0 Å². The van der Waals surface area contributed by atoms with E-state index in [9.17, 15) is 5.26 Å². The minimum Gasteiger partial charge on any atom is -0.367 e. The third kappa shape index (κ3) is 2.49. The lowest BCUT2D eigenvalue weighted by molar-refractivity contribution is 0.643. The summed E-state index contributed by atoms with van der Waals surface area (Å²) in [6.45, 7) is 3.55. The Labute approximate surface area is 134 Å². The topological polar surface area (TPSA) is 59.0 Å². The van der Waals surface area contributed by atoms with Crippen molar-refractivity contribution in [1.82, 2.24) is 9.97 Å². The molecule has 1 aliphatic rings. The quantitative estimate of drug-likeness (QED) is 0.791. The maximum absolute atomic E-state index is 9.26. The van der Waals surface area contributed by atoms with E-state index in [0.717, 1.165) is 54.4 Å². The molecule has 0 radical (unpaired) electrons. The lowest BCUT2D eigenvalue weighted by Gasteiger charge is -2.36. The summed E-state index contributed by atoms with van der Waals surface area (Å²) < 4.78 is 0. The van der Waals surface area contributed by atoms with Gasteiger partial charge < -0.3 is 14.8 Å². The van der Waals surface area contributed by atoms with E-state index >= 15 is 0 Å². The molecule has 0 saturated carbocycles. The Balaban J connectivity index is 1.52. The third-order valence-corrected chi connectivity index (χ3v) is 4.32. The van der Waals surface area contributed by atoms with Crippen LogP contribution in [0.3, 0.4) is 0 Å². The Hall–Kier alpha value is -3.00. The first-order valence-electron chi connectivity index (χ1n) is 7.79. The van der Waals surface area contributed by atoms with Crippen LogP contribution in [0.2, 0.25) is 0 Å². The summed E-state index contributed by atoms with van der Waals surface area (Å²) in [4.78, 5) is 12.6. The first-order chi connectivity index (χ1) is 11.3. The summed E-state index contributed by atoms with van der Waals surface area (Å²) in [6.07, 6.45) is 0. The van der Waals surface area contributed by atoms with Crippen molar-refractivity contribution in [2.75, 3.05) is 36.0 Å². The molecule has 0 spiro atoms. The Morgan fingerprint density at radius 1 is 0.913 bits per heavy atom. The van der Waals surface area contributed by atoms with Crippen LogP contribution >= 0.6 is 0 Å². The number of nitrogens with one attached hydrogen (secondary N) is 1. The summed E-state index contributed by atoms with van der Waals surface area (Å²) in [5, 5.41) is 9.26. The predicted octanol–water partition coefficient (Wildman–Crippen LogP) is 2.76. The molecule has 2 aromatic carbocycles. The van der Waals surface area contributed by atoms with Crippen LogP contribution in [0, 0.1) is 11.3 Å². The van der Waals surface area contributed by atoms with Crippen molar-refractivity contribution in [2.45, 2.75) is 0 Å². The maximum Gasteiger partial charge on any atom is 0.203 e. The van der Waals surface area contributed by atoms with Crippen molar-refractivity contribution in [3.8, 4) is 6.07 Å². The van der Waals surface area contributed by atoms with Gasteiger partial charge in [-0.3, -0.25) is 0 Å². The van der Waals surface area contributed by atoms with E-state index in [1.54, 1.807) is 0 Å². The minimum atomic E-state index is 0.740. The molecule has 2 heterocycles. The van der Waals surface area contributed by atoms with Crippen LogP contribution < -0.4 is 9.80 Å². The van der Waals surface area contributed by atoms with Crippen LogP contribution in [0.4, 0.5) is 11.6 Å². The van der Waals surface area contributed by atoms with Crippen molar-refractivity contribution in [3.63, 3.8) is 0 Å². The van der Waals surface area contributed by atoms with Crippen molar-refractivity contribution < 1.29 is 0 Å². The zero-order valence-corrected chi connectivity index (χ0v) is 12.7. The average molecular weight is 303 g/mol. The molecule has 1 saturated heterocycles. The van der Waals surface area contributed by atoms with Gasteiger partial charge in [-0.1, -0.05) is 24.3 Å². The molecule has 5 nitrogen and oxygen atoms in total. The molecule has 1 aromatic heterocycles. The average Bonchev–Trinajstić information content (AvgIpc) is 3.06. The number of nitrogens with zero attached hydrogens (tertiary/aromatic N) is 4. The number of aromatic nitrogens is 2. The number of imidazole rings is 1. The lowest BCUT2D eigenvalue weighted by Crippen LogP contribution is -2.47. The van der Waals surface area contributed by atoms with E-state index in [2.05, 4.69) is 25.8 Å². The van der Waals surface area contributed by atoms with Gasteiger partial charge in [0.2, 0.25) is 5.95 Å².